The summed E-state index contributed by atoms with van der Waals surface area (Å²) >= 11 is 3.38. The molecule has 274 valence electrons. The van der Waals surface area contributed by atoms with Gasteiger partial charge in [0.05, 0.1) is 73.9 Å². The molecule has 15 nitrogen and oxygen atoms in total. The number of carbonyl (C=O) groups excluding carboxylic acids is 1. The molecule has 3 aromatic carbocycles. The number of esters is 1. The minimum atomic E-state index is -0.393. The number of carbonyl (C=O) groups is 1. The van der Waals surface area contributed by atoms with Crippen molar-refractivity contribution in [2.75, 3.05) is 7.11 Å². The molecule has 6 heterocycles. The Labute approximate surface area is 318 Å². The predicted molar refractivity (Wildman–Crippen MR) is 209 cm³/mol. The third-order valence-corrected chi connectivity index (χ3v) is 8.99. The third kappa shape index (κ3) is 7.95. The van der Waals surface area contributed by atoms with E-state index in [2.05, 4.69) is 50.6 Å². The van der Waals surface area contributed by atoms with Crippen LogP contribution < -0.4 is 16.7 Å². The highest BCUT2D eigenvalue weighted by Crippen LogP contribution is 2.20. The lowest BCUT2D eigenvalue weighted by atomic mass is 10.1. The second-order valence-corrected chi connectivity index (χ2v) is 12.9. The molecule has 0 unspecified atom stereocenters. The fourth-order valence-corrected chi connectivity index (χ4v) is 5.85. The zero-order chi connectivity index (χ0) is 38.5. The van der Waals surface area contributed by atoms with Crippen LogP contribution in [0.2, 0.25) is 0 Å². The number of rotatable bonds is 5. The standard InChI is InChI=1S/C14H11N3O3.C13H11N3O2.C12H8BrN3O/c1-20-14(19)10-4-2-9(3-5-10)11-7-17-8-15-6-12(17)13(18)16-11;17-7-9-1-3-10(4-2-9)11-6-16-8-14-5-12(16)13(18)15-11;13-9-3-1-8(2-4-9)10-6-16-7-14-5-11(16)12(17)15-10/h2-8H,1H3,(H,16,18);1-6,8,17H,7H2,(H,15,18);1-7H,(H,15,17). The van der Waals surface area contributed by atoms with Crippen LogP contribution in [-0.2, 0) is 11.3 Å². The summed E-state index contributed by atoms with van der Waals surface area (Å²) in [7, 11) is 1.33. The van der Waals surface area contributed by atoms with Crippen LogP contribution in [0.15, 0.2) is 148 Å². The summed E-state index contributed by atoms with van der Waals surface area (Å²) in [5.74, 6) is -0.393. The monoisotopic (exact) mass is 799 g/mol. The number of aromatic amines is 3. The van der Waals surface area contributed by atoms with Crippen molar-refractivity contribution in [2.24, 2.45) is 0 Å². The largest absolute Gasteiger partial charge is 0.465 e. The van der Waals surface area contributed by atoms with Crippen molar-refractivity contribution in [3.63, 3.8) is 0 Å². The second-order valence-electron chi connectivity index (χ2n) is 12.0. The minimum Gasteiger partial charge on any atom is -0.465 e. The molecule has 16 heteroatoms. The molecule has 0 saturated carbocycles. The number of ether oxygens (including phenoxy) is 1. The molecule has 0 radical (unpaired) electrons. The van der Waals surface area contributed by atoms with Crippen molar-refractivity contribution < 1.29 is 14.6 Å². The fourth-order valence-electron chi connectivity index (χ4n) is 5.59. The predicted octanol–water partition coefficient (Wildman–Crippen LogP) is 5.11. The Morgan fingerprint density at radius 3 is 1.35 bits per heavy atom. The van der Waals surface area contributed by atoms with E-state index in [1.165, 1.54) is 19.5 Å². The van der Waals surface area contributed by atoms with Gasteiger partial charge in [0.2, 0.25) is 0 Å². The number of hydrogen-bond acceptors (Lipinski definition) is 9. The van der Waals surface area contributed by atoms with E-state index >= 15 is 0 Å². The molecule has 6 aromatic heterocycles. The normalized spacial score (nSPS) is 10.8. The minimum absolute atomic E-state index is 0.0113. The topological polar surface area (TPSA) is 197 Å². The molecular weight excluding hydrogens is 770 g/mol. The maximum absolute atomic E-state index is 11.9. The molecule has 0 saturated heterocycles. The van der Waals surface area contributed by atoms with Crippen LogP contribution in [0.25, 0.3) is 50.3 Å². The van der Waals surface area contributed by atoms with Gasteiger partial charge in [0, 0.05) is 23.1 Å². The zero-order valence-electron chi connectivity index (χ0n) is 28.9. The second kappa shape index (κ2) is 15.8. The molecule has 0 aliphatic carbocycles. The maximum Gasteiger partial charge on any atom is 0.337 e. The molecule has 0 atom stereocenters. The number of imidazole rings is 3. The molecule has 4 N–H and O–H groups in total. The first kappa shape index (κ1) is 36.2. The van der Waals surface area contributed by atoms with Crippen molar-refractivity contribution in [1.29, 1.82) is 0 Å². The summed E-state index contributed by atoms with van der Waals surface area (Å²) < 4.78 is 10.7. The van der Waals surface area contributed by atoms with Gasteiger partial charge in [0.1, 0.15) is 16.6 Å². The Kier molecular flexibility index (Phi) is 10.4. The van der Waals surface area contributed by atoms with Crippen LogP contribution in [0, 0.1) is 0 Å². The van der Waals surface area contributed by atoms with Crippen LogP contribution in [0.1, 0.15) is 15.9 Å². The molecule has 9 rings (SSSR count). The van der Waals surface area contributed by atoms with Crippen LogP contribution in [0.3, 0.4) is 0 Å². The quantitative estimate of drug-likeness (QED) is 0.171. The molecular formula is C39H30BrN9O6. The highest BCUT2D eigenvalue weighted by atomic mass is 79.9. The van der Waals surface area contributed by atoms with Gasteiger partial charge in [-0.1, -0.05) is 64.5 Å². The molecule has 0 aliphatic heterocycles. The number of H-pyrrole nitrogens is 3. The first-order valence-electron chi connectivity index (χ1n) is 16.5. The van der Waals surface area contributed by atoms with Gasteiger partial charge in [0.15, 0.2) is 0 Å². The van der Waals surface area contributed by atoms with Crippen molar-refractivity contribution in [2.45, 2.75) is 6.61 Å². The van der Waals surface area contributed by atoms with Crippen LogP contribution >= 0.6 is 15.9 Å². The third-order valence-electron chi connectivity index (χ3n) is 8.46. The lowest BCUT2D eigenvalue weighted by molar-refractivity contribution is 0.0600. The van der Waals surface area contributed by atoms with Gasteiger partial charge in [-0.15, -0.1) is 0 Å². The Hall–Kier alpha value is -7.17. The Balaban J connectivity index is 0.000000127. The van der Waals surface area contributed by atoms with Crippen molar-refractivity contribution in [3.05, 3.63) is 176 Å². The van der Waals surface area contributed by atoms with Crippen molar-refractivity contribution in [3.8, 4) is 33.8 Å². The number of aliphatic hydroxyl groups is 1. The van der Waals surface area contributed by atoms with E-state index in [4.69, 9.17) is 5.11 Å². The number of fused-ring (bicyclic) bond motifs is 3. The summed E-state index contributed by atoms with van der Waals surface area (Å²) in [5.41, 5.74) is 7.12. The van der Waals surface area contributed by atoms with Gasteiger partial charge in [-0.05, 0) is 46.5 Å². The summed E-state index contributed by atoms with van der Waals surface area (Å²) in [6.07, 6.45) is 14.8. The van der Waals surface area contributed by atoms with Gasteiger partial charge in [-0.25, -0.2) is 19.7 Å². The molecule has 0 spiro atoms. The molecule has 0 fully saturated rings. The Morgan fingerprint density at radius 2 is 0.982 bits per heavy atom. The van der Waals surface area contributed by atoms with Gasteiger partial charge in [-0.3, -0.25) is 27.6 Å². The van der Waals surface area contributed by atoms with E-state index in [0.717, 1.165) is 38.1 Å². The number of benzene rings is 3. The molecule has 55 heavy (non-hydrogen) atoms. The Bertz CT molecular complexity index is 2940. The fraction of sp³-hybridized carbons (Fsp3) is 0.0513. The molecule has 0 amide bonds. The van der Waals surface area contributed by atoms with Crippen LogP contribution in [-0.4, -0.2) is 61.3 Å². The lowest BCUT2D eigenvalue weighted by Gasteiger charge is -2.04. The average Bonchev–Trinajstić information content (AvgIpc) is 4.01. The number of hydrogen-bond donors (Lipinski definition) is 4. The number of nitrogens with one attached hydrogen (secondary N) is 3. The number of methoxy groups -OCH3 is 1. The van der Waals surface area contributed by atoms with E-state index in [9.17, 15) is 19.2 Å². The number of aromatic nitrogens is 9. The summed E-state index contributed by atoms with van der Waals surface area (Å²) in [5, 5.41) is 8.99. The highest BCUT2D eigenvalue weighted by Gasteiger charge is 2.09. The molecule has 9 aromatic rings. The number of aliphatic hydroxyl groups excluding tert-OH is 1. The Morgan fingerprint density at radius 1 is 0.618 bits per heavy atom. The van der Waals surface area contributed by atoms with Crippen LogP contribution in [0.5, 0.6) is 0 Å². The van der Waals surface area contributed by atoms with Crippen molar-refractivity contribution >= 4 is 38.4 Å². The SMILES string of the molecule is COC(=O)c1ccc(-c2cn3cncc3c(=O)[nH]2)cc1.O=c1[nH]c(-c2ccc(Br)cc2)cn2cncc12.O=c1[nH]c(-c2ccc(CO)cc2)cn2cncc12. The number of nitrogens with zero attached hydrogens (tertiary/aromatic N) is 6. The van der Waals surface area contributed by atoms with E-state index in [1.54, 1.807) is 68.8 Å². The van der Waals surface area contributed by atoms with Crippen molar-refractivity contribution in [1.82, 2.24) is 43.1 Å². The van der Waals surface area contributed by atoms with Gasteiger partial charge < -0.3 is 24.8 Å². The van der Waals surface area contributed by atoms with Gasteiger partial charge in [-0.2, -0.15) is 0 Å². The molecule has 0 aliphatic rings. The summed E-state index contributed by atoms with van der Waals surface area (Å²) in [6, 6.07) is 21.9. The number of halogens is 1. The van der Waals surface area contributed by atoms with E-state index in [1.807, 2.05) is 60.9 Å². The average molecular weight is 801 g/mol. The summed E-state index contributed by atoms with van der Waals surface area (Å²) in [4.78, 5) is 67.0. The van der Waals surface area contributed by atoms with E-state index < -0.39 is 5.97 Å². The summed E-state index contributed by atoms with van der Waals surface area (Å²) in [6.45, 7) is 0.0113. The highest BCUT2D eigenvalue weighted by molar-refractivity contribution is 9.10. The van der Waals surface area contributed by atoms with Gasteiger partial charge in [0.25, 0.3) is 16.7 Å². The van der Waals surface area contributed by atoms with Crippen LogP contribution in [0.4, 0.5) is 0 Å². The van der Waals surface area contributed by atoms with E-state index in [-0.39, 0.29) is 23.3 Å². The molecule has 0 bridgehead atoms. The first-order valence-corrected chi connectivity index (χ1v) is 17.3. The van der Waals surface area contributed by atoms with E-state index in [0.29, 0.717) is 27.8 Å². The maximum atomic E-state index is 11.9. The van der Waals surface area contributed by atoms with Gasteiger partial charge >= 0.3 is 5.97 Å². The zero-order valence-corrected chi connectivity index (χ0v) is 30.5. The first-order chi connectivity index (χ1) is 26.7. The smallest absolute Gasteiger partial charge is 0.337 e. The lowest BCUT2D eigenvalue weighted by Crippen LogP contribution is -2.10.